The predicted octanol–water partition coefficient (Wildman–Crippen LogP) is 4.95. The number of carbonyl (C=O) groups excluding carboxylic acids is 1. The molecule has 3 N–H and O–H groups in total. The molecule has 0 radical (unpaired) electrons. The standard InChI is InChI=1S/C23H19N3O3/c1-16-13-19(27)9-12-22(16)25-15-17(14-24)23(28)26-18-7-10-21(11-8-18)29-20-5-3-2-4-6-20/h2-13,15,25,27H,1H3,(H,26,28)/b17-15-. The number of rotatable bonds is 6. The Morgan fingerprint density at radius 2 is 1.72 bits per heavy atom. The normalized spacial score (nSPS) is 10.7. The lowest BCUT2D eigenvalue weighted by Crippen LogP contribution is -2.14. The molecule has 0 aliphatic carbocycles. The molecule has 3 aromatic rings. The van der Waals surface area contributed by atoms with Gasteiger partial charge in [-0.1, -0.05) is 18.2 Å². The van der Waals surface area contributed by atoms with Gasteiger partial charge in [0.15, 0.2) is 0 Å². The number of carbonyl (C=O) groups is 1. The van der Waals surface area contributed by atoms with E-state index in [1.54, 1.807) is 43.3 Å². The van der Waals surface area contributed by atoms with Crippen LogP contribution in [-0.2, 0) is 4.79 Å². The van der Waals surface area contributed by atoms with E-state index >= 15 is 0 Å². The average Bonchev–Trinajstić information content (AvgIpc) is 2.72. The van der Waals surface area contributed by atoms with Crippen LogP contribution in [0.4, 0.5) is 11.4 Å². The van der Waals surface area contributed by atoms with Crippen molar-refractivity contribution in [2.45, 2.75) is 6.92 Å². The number of aryl methyl sites for hydroxylation is 1. The van der Waals surface area contributed by atoms with E-state index in [9.17, 15) is 15.2 Å². The summed E-state index contributed by atoms with van der Waals surface area (Å²) in [5, 5.41) is 24.3. The lowest BCUT2D eigenvalue weighted by atomic mass is 10.2. The number of nitrogens with one attached hydrogen (secondary N) is 2. The first-order chi connectivity index (χ1) is 14.0. The summed E-state index contributed by atoms with van der Waals surface area (Å²) in [6.07, 6.45) is 1.33. The second-order valence-electron chi connectivity index (χ2n) is 6.21. The maximum atomic E-state index is 12.4. The van der Waals surface area contributed by atoms with Gasteiger partial charge in [-0.25, -0.2) is 0 Å². The molecule has 0 saturated heterocycles. The van der Waals surface area contributed by atoms with Gasteiger partial charge in [-0.15, -0.1) is 0 Å². The average molecular weight is 385 g/mol. The molecule has 0 unspecified atom stereocenters. The summed E-state index contributed by atoms with van der Waals surface area (Å²) in [5.74, 6) is 0.965. The van der Waals surface area contributed by atoms with E-state index in [0.29, 0.717) is 17.1 Å². The van der Waals surface area contributed by atoms with Gasteiger partial charge in [0.1, 0.15) is 28.9 Å². The molecule has 144 valence electrons. The number of nitrogens with zero attached hydrogens (tertiary/aromatic N) is 1. The predicted molar refractivity (Wildman–Crippen MR) is 112 cm³/mol. The highest BCUT2D eigenvalue weighted by Gasteiger charge is 2.10. The summed E-state index contributed by atoms with van der Waals surface area (Å²) in [7, 11) is 0. The molecule has 6 nitrogen and oxygen atoms in total. The molecular formula is C23H19N3O3. The molecular weight excluding hydrogens is 366 g/mol. The Hall–Kier alpha value is -4.24. The largest absolute Gasteiger partial charge is 0.508 e. The molecule has 0 spiro atoms. The Morgan fingerprint density at radius 3 is 2.38 bits per heavy atom. The van der Waals surface area contributed by atoms with Crippen molar-refractivity contribution in [2.24, 2.45) is 0 Å². The van der Waals surface area contributed by atoms with Gasteiger partial charge >= 0.3 is 0 Å². The van der Waals surface area contributed by atoms with Gasteiger partial charge < -0.3 is 20.5 Å². The quantitative estimate of drug-likeness (QED) is 0.317. The minimum absolute atomic E-state index is 0.0814. The Bertz CT molecular complexity index is 1070. The first kappa shape index (κ1) is 19.5. The second-order valence-corrected chi connectivity index (χ2v) is 6.21. The lowest BCUT2D eigenvalue weighted by molar-refractivity contribution is -0.112. The van der Waals surface area contributed by atoms with Crippen LogP contribution in [0.15, 0.2) is 84.6 Å². The molecule has 0 aromatic heterocycles. The fourth-order valence-electron chi connectivity index (χ4n) is 2.54. The Labute approximate surface area is 168 Å². The molecule has 0 bridgehead atoms. The monoisotopic (exact) mass is 385 g/mol. The van der Waals surface area contributed by atoms with Crippen LogP contribution < -0.4 is 15.4 Å². The van der Waals surface area contributed by atoms with E-state index in [-0.39, 0.29) is 11.3 Å². The first-order valence-electron chi connectivity index (χ1n) is 8.86. The molecule has 0 fully saturated rings. The van der Waals surface area contributed by atoms with Crippen molar-refractivity contribution >= 4 is 17.3 Å². The third-order valence-electron chi connectivity index (χ3n) is 4.04. The number of para-hydroxylation sites is 1. The highest BCUT2D eigenvalue weighted by molar-refractivity contribution is 6.06. The third-order valence-corrected chi connectivity index (χ3v) is 4.04. The van der Waals surface area contributed by atoms with E-state index in [2.05, 4.69) is 10.6 Å². The number of anilines is 2. The van der Waals surface area contributed by atoms with Gasteiger partial charge in [0.25, 0.3) is 5.91 Å². The van der Waals surface area contributed by atoms with Crippen molar-refractivity contribution < 1.29 is 14.6 Å². The minimum Gasteiger partial charge on any atom is -0.508 e. The SMILES string of the molecule is Cc1cc(O)ccc1N/C=C(/C#N)C(=O)Nc1ccc(Oc2ccccc2)cc1. The number of aromatic hydroxyl groups is 1. The topological polar surface area (TPSA) is 94.4 Å². The highest BCUT2D eigenvalue weighted by Crippen LogP contribution is 2.23. The van der Waals surface area contributed by atoms with Crippen LogP contribution in [0, 0.1) is 18.3 Å². The third kappa shape index (κ3) is 5.37. The zero-order valence-electron chi connectivity index (χ0n) is 15.7. The lowest BCUT2D eigenvalue weighted by Gasteiger charge is -2.09. The van der Waals surface area contributed by atoms with Crippen molar-refractivity contribution in [3.05, 3.63) is 90.1 Å². The van der Waals surface area contributed by atoms with Crippen LogP contribution >= 0.6 is 0 Å². The van der Waals surface area contributed by atoms with Gasteiger partial charge in [0.2, 0.25) is 0 Å². The maximum Gasteiger partial charge on any atom is 0.267 e. The second kappa shape index (κ2) is 9.11. The van der Waals surface area contributed by atoms with Gasteiger partial charge in [0, 0.05) is 17.6 Å². The maximum absolute atomic E-state index is 12.4. The smallest absolute Gasteiger partial charge is 0.267 e. The number of phenols is 1. The van der Waals surface area contributed by atoms with Crippen LogP contribution in [0.2, 0.25) is 0 Å². The van der Waals surface area contributed by atoms with Crippen LogP contribution in [-0.4, -0.2) is 11.0 Å². The molecule has 0 saturated carbocycles. The van der Waals surface area contributed by atoms with Crippen molar-refractivity contribution in [3.63, 3.8) is 0 Å². The summed E-state index contributed by atoms with van der Waals surface area (Å²) in [4.78, 5) is 12.4. The van der Waals surface area contributed by atoms with Gasteiger partial charge in [-0.3, -0.25) is 4.79 Å². The molecule has 0 atom stereocenters. The molecule has 0 heterocycles. The molecule has 1 amide bonds. The van der Waals surface area contributed by atoms with E-state index in [4.69, 9.17) is 4.74 Å². The van der Waals surface area contributed by atoms with Crippen molar-refractivity contribution in [1.29, 1.82) is 5.26 Å². The summed E-state index contributed by atoms with van der Waals surface area (Å²) in [6.45, 7) is 1.81. The molecule has 3 aromatic carbocycles. The van der Waals surface area contributed by atoms with E-state index in [1.165, 1.54) is 12.3 Å². The molecule has 6 heteroatoms. The zero-order valence-corrected chi connectivity index (χ0v) is 15.7. The van der Waals surface area contributed by atoms with Crippen LogP contribution in [0.3, 0.4) is 0 Å². The molecule has 29 heavy (non-hydrogen) atoms. The van der Waals surface area contributed by atoms with Crippen molar-refractivity contribution in [1.82, 2.24) is 0 Å². The molecule has 0 aliphatic rings. The summed E-state index contributed by atoms with van der Waals surface area (Å²) >= 11 is 0. The van der Waals surface area contributed by atoms with Crippen molar-refractivity contribution in [3.8, 4) is 23.3 Å². The Kier molecular flexibility index (Phi) is 6.13. The van der Waals surface area contributed by atoms with E-state index < -0.39 is 5.91 Å². The number of nitriles is 1. The highest BCUT2D eigenvalue weighted by atomic mass is 16.5. The van der Waals surface area contributed by atoms with Crippen molar-refractivity contribution in [2.75, 3.05) is 10.6 Å². The zero-order chi connectivity index (χ0) is 20.6. The van der Waals surface area contributed by atoms with Gasteiger partial charge in [-0.2, -0.15) is 5.26 Å². The van der Waals surface area contributed by atoms with Crippen LogP contribution in [0.5, 0.6) is 17.2 Å². The number of hydrogen-bond donors (Lipinski definition) is 3. The summed E-state index contributed by atoms with van der Waals surface area (Å²) in [5.41, 5.74) is 1.93. The van der Waals surface area contributed by atoms with Gasteiger partial charge in [0.05, 0.1) is 0 Å². The summed E-state index contributed by atoms with van der Waals surface area (Å²) < 4.78 is 5.71. The van der Waals surface area contributed by atoms with Gasteiger partial charge in [-0.05, 0) is 67.1 Å². The van der Waals surface area contributed by atoms with Crippen LogP contribution in [0.1, 0.15) is 5.56 Å². The van der Waals surface area contributed by atoms with Crippen LogP contribution in [0.25, 0.3) is 0 Å². The molecule has 0 aliphatic heterocycles. The number of hydrogen-bond acceptors (Lipinski definition) is 5. The number of phenolic OH excluding ortho intramolecular Hbond substituents is 1. The minimum atomic E-state index is -0.534. The Morgan fingerprint density at radius 1 is 1.03 bits per heavy atom. The molecule has 3 rings (SSSR count). The first-order valence-corrected chi connectivity index (χ1v) is 8.86. The fourth-order valence-corrected chi connectivity index (χ4v) is 2.54. The van der Waals surface area contributed by atoms with E-state index in [1.807, 2.05) is 36.4 Å². The number of ether oxygens (including phenoxy) is 1. The fraction of sp³-hybridized carbons (Fsp3) is 0.0435. The number of benzene rings is 3. The van der Waals surface area contributed by atoms with E-state index in [0.717, 1.165) is 11.3 Å². The summed E-state index contributed by atoms with van der Waals surface area (Å²) in [6, 6.07) is 22.9. The Balaban J connectivity index is 1.64. The number of amides is 1.